The van der Waals surface area contributed by atoms with Crippen LogP contribution in [0.3, 0.4) is 0 Å². The number of nitrogens with one attached hydrogen (secondary N) is 1. The summed E-state index contributed by atoms with van der Waals surface area (Å²) in [7, 11) is -2.59. The Hall–Kier alpha value is -2.46. The lowest BCUT2D eigenvalue weighted by atomic mass is 10.1. The van der Waals surface area contributed by atoms with E-state index in [1.165, 1.54) is 56.5 Å². The first-order valence-corrected chi connectivity index (χ1v) is 10.2. The zero-order chi connectivity index (χ0) is 21.1. The van der Waals surface area contributed by atoms with E-state index in [0.717, 1.165) is 0 Å². The SMILES string of the molecule is COC(=O)C(C)(C)NC(=O)c1cccc(S(=O)(=O)N2CCN(C(C)=O)CC2)c1. The van der Waals surface area contributed by atoms with Gasteiger partial charge in [-0.2, -0.15) is 4.31 Å². The third-order valence-electron chi connectivity index (χ3n) is 4.54. The summed E-state index contributed by atoms with van der Waals surface area (Å²) in [6, 6.07) is 5.62. The third-order valence-corrected chi connectivity index (χ3v) is 6.43. The zero-order valence-corrected chi connectivity index (χ0v) is 17.2. The number of esters is 1. The van der Waals surface area contributed by atoms with Crippen molar-refractivity contribution in [2.75, 3.05) is 33.3 Å². The van der Waals surface area contributed by atoms with Crippen LogP contribution in [0.25, 0.3) is 0 Å². The molecule has 0 spiro atoms. The van der Waals surface area contributed by atoms with Crippen molar-refractivity contribution in [1.82, 2.24) is 14.5 Å². The minimum Gasteiger partial charge on any atom is -0.467 e. The molecule has 1 fully saturated rings. The fourth-order valence-corrected chi connectivity index (χ4v) is 4.32. The van der Waals surface area contributed by atoms with E-state index in [0.29, 0.717) is 13.1 Å². The molecule has 1 N–H and O–H groups in total. The summed E-state index contributed by atoms with van der Waals surface area (Å²) >= 11 is 0. The Labute approximate surface area is 164 Å². The Morgan fingerprint density at radius 3 is 2.25 bits per heavy atom. The van der Waals surface area contributed by atoms with Gasteiger partial charge in [0.25, 0.3) is 5.91 Å². The van der Waals surface area contributed by atoms with Gasteiger partial charge in [0.1, 0.15) is 5.54 Å². The van der Waals surface area contributed by atoms with Crippen molar-refractivity contribution in [3.63, 3.8) is 0 Å². The molecule has 0 unspecified atom stereocenters. The molecule has 2 amide bonds. The minimum absolute atomic E-state index is 0.0210. The van der Waals surface area contributed by atoms with Crippen LogP contribution in [-0.4, -0.2) is 74.2 Å². The molecule has 0 radical (unpaired) electrons. The van der Waals surface area contributed by atoms with E-state index < -0.39 is 27.4 Å². The molecule has 2 rings (SSSR count). The van der Waals surface area contributed by atoms with Gasteiger partial charge in [-0.25, -0.2) is 13.2 Å². The highest BCUT2D eigenvalue weighted by molar-refractivity contribution is 7.89. The number of nitrogens with zero attached hydrogens (tertiary/aromatic N) is 2. The van der Waals surface area contributed by atoms with Gasteiger partial charge in [0.05, 0.1) is 12.0 Å². The molecule has 0 aliphatic carbocycles. The molecule has 0 saturated carbocycles. The first-order chi connectivity index (χ1) is 13.0. The predicted octanol–water partition coefficient (Wildman–Crippen LogP) is 0.221. The summed E-state index contributed by atoms with van der Waals surface area (Å²) in [6.07, 6.45) is 0. The van der Waals surface area contributed by atoms with E-state index in [9.17, 15) is 22.8 Å². The van der Waals surface area contributed by atoms with Gasteiger partial charge in [0.2, 0.25) is 15.9 Å². The van der Waals surface area contributed by atoms with Crippen LogP contribution < -0.4 is 5.32 Å². The maximum Gasteiger partial charge on any atom is 0.330 e. The molecule has 1 saturated heterocycles. The molecular formula is C18H25N3O6S. The van der Waals surface area contributed by atoms with Crippen LogP contribution in [0.15, 0.2) is 29.2 Å². The number of rotatable bonds is 5. The van der Waals surface area contributed by atoms with E-state index in [4.69, 9.17) is 0 Å². The number of piperazine rings is 1. The zero-order valence-electron chi connectivity index (χ0n) is 16.4. The summed E-state index contributed by atoms with van der Waals surface area (Å²) < 4.78 is 31.7. The lowest BCUT2D eigenvalue weighted by molar-refractivity contribution is -0.146. The molecule has 1 aliphatic heterocycles. The number of hydrogen-bond acceptors (Lipinski definition) is 6. The van der Waals surface area contributed by atoms with Gasteiger partial charge >= 0.3 is 5.97 Å². The summed E-state index contributed by atoms with van der Waals surface area (Å²) in [5.41, 5.74) is -1.15. The lowest BCUT2D eigenvalue weighted by Gasteiger charge is -2.33. The first-order valence-electron chi connectivity index (χ1n) is 8.75. The number of ether oxygens (including phenoxy) is 1. The number of carbonyl (C=O) groups is 3. The Morgan fingerprint density at radius 1 is 1.11 bits per heavy atom. The van der Waals surface area contributed by atoms with E-state index in [-0.39, 0.29) is 29.5 Å². The van der Waals surface area contributed by atoms with Crippen LogP contribution in [0, 0.1) is 0 Å². The van der Waals surface area contributed by atoms with Crippen LogP contribution in [-0.2, 0) is 24.3 Å². The first kappa shape index (κ1) is 21.8. The second-order valence-corrected chi connectivity index (χ2v) is 8.95. The Bertz CT molecular complexity index is 873. The molecule has 0 aromatic heterocycles. The van der Waals surface area contributed by atoms with Gasteiger partial charge in [0, 0.05) is 38.7 Å². The Balaban J connectivity index is 2.19. The van der Waals surface area contributed by atoms with Gasteiger partial charge < -0.3 is 15.0 Å². The monoisotopic (exact) mass is 411 g/mol. The lowest BCUT2D eigenvalue weighted by Crippen LogP contribution is -2.50. The van der Waals surface area contributed by atoms with Gasteiger partial charge in [-0.3, -0.25) is 9.59 Å². The number of hydrogen-bond donors (Lipinski definition) is 1. The van der Waals surface area contributed by atoms with E-state index in [1.54, 1.807) is 4.90 Å². The molecule has 0 atom stereocenters. The smallest absolute Gasteiger partial charge is 0.330 e. The number of benzene rings is 1. The maximum absolute atomic E-state index is 12.9. The highest BCUT2D eigenvalue weighted by Gasteiger charge is 2.32. The van der Waals surface area contributed by atoms with Crippen LogP contribution in [0.1, 0.15) is 31.1 Å². The van der Waals surface area contributed by atoms with Crippen molar-refractivity contribution in [1.29, 1.82) is 0 Å². The average Bonchev–Trinajstić information content (AvgIpc) is 2.67. The molecule has 28 heavy (non-hydrogen) atoms. The highest BCUT2D eigenvalue weighted by atomic mass is 32.2. The topological polar surface area (TPSA) is 113 Å². The molecule has 10 heteroatoms. The average molecular weight is 411 g/mol. The van der Waals surface area contributed by atoms with Crippen molar-refractivity contribution in [2.45, 2.75) is 31.2 Å². The molecule has 1 aromatic rings. The summed E-state index contributed by atoms with van der Waals surface area (Å²) in [5, 5.41) is 2.53. The molecular weight excluding hydrogens is 386 g/mol. The van der Waals surface area contributed by atoms with Crippen molar-refractivity contribution in [3.8, 4) is 0 Å². The molecule has 1 heterocycles. The predicted molar refractivity (Wildman–Crippen MR) is 101 cm³/mol. The van der Waals surface area contributed by atoms with Crippen LogP contribution in [0.2, 0.25) is 0 Å². The normalized spacial score (nSPS) is 15.8. The van der Waals surface area contributed by atoms with Crippen molar-refractivity contribution < 1.29 is 27.5 Å². The summed E-state index contributed by atoms with van der Waals surface area (Å²) in [4.78, 5) is 37.2. The van der Waals surface area contributed by atoms with Gasteiger partial charge in [0.15, 0.2) is 0 Å². The second kappa shape index (κ2) is 8.27. The van der Waals surface area contributed by atoms with Gasteiger partial charge in [-0.15, -0.1) is 0 Å². The molecule has 9 nitrogen and oxygen atoms in total. The van der Waals surface area contributed by atoms with Crippen LogP contribution in [0.5, 0.6) is 0 Å². The van der Waals surface area contributed by atoms with Crippen LogP contribution >= 0.6 is 0 Å². The van der Waals surface area contributed by atoms with Crippen molar-refractivity contribution >= 4 is 27.8 Å². The molecule has 0 bridgehead atoms. The minimum atomic E-state index is -3.81. The van der Waals surface area contributed by atoms with E-state index in [2.05, 4.69) is 10.1 Å². The third kappa shape index (κ3) is 4.68. The fourth-order valence-electron chi connectivity index (χ4n) is 2.85. The number of amides is 2. The number of sulfonamides is 1. The molecule has 154 valence electrons. The van der Waals surface area contributed by atoms with E-state index >= 15 is 0 Å². The highest BCUT2D eigenvalue weighted by Crippen LogP contribution is 2.19. The number of carbonyl (C=O) groups excluding carboxylic acids is 3. The maximum atomic E-state index is 12.9. The van der Waals surface area contributed by atoms with Crippen LogP contribution in [0.4, 0.5) is 0 Å². The largest absolute Gasteiger partial charge is 0.467 e. The summed E-state index contributed by atoms with van der Waals surface area (Å²) in [6.45, 7) is 5.45. The van der Waals surface area contributed by atoms with Gasteiger partial charge in [-0.05, 0) is 32.0 Å². The van der Waals surface area contributed by atoms with Crippen molar-refractivity contribution in [3.05, 3.63) is 29.8 Å². The Morgan fingerprint density at radius 2 is 1.71 bits per heavy atom. The Kier molecular flexibility index (Phi) is 6.45. The molecule has 1 aliphatic rings. The summed E-state index contributed by atoms with van der Waals surface area (Å²) in [5.74, 6) is -1.30. The quantitative estimate of drug-likeness (QED) is 0.694. The van der Waals surface area contributed by atoms with Crippen molar-refractivity contribution in [2.24, 2.45) is 0 Å². The number of methoxy groups -OCH3 is 1. The molecule has 1 aromatic carbocycles. The second-order valence-electron chi connectivity index (χ2n) is 7.01. The van der Waals surface area contributed by atoms with E-state index in [1.807, 2.05) is 0 Å². The standard InChI is InChI=1S/C18H25N3O6S/c1-13(22)20-8-10-21(11-9-20)28(25,26)15-7-5-6-14(12-15)16(23)19-18(2,3)17(24)27-4/h5-7,12H,8-11H2,1-4H3,(H,19,23). The van der Waals surface area contributed by atoms with Gasteiger partial charge in [-0.1, -0.05) is 6.07 Å². The fraction of sp³-hybridized carbons (Fsp3) is 0.500.